The van der Waals surface area contributed by atoms with Crippen LogP contribution in [0.1, 0.15) is 40.0 Å². The van der Waals surface area contributed by atoms with Crippen LogP contribution in [0.3, 0.4) is 0 Å². The topological polar surface area (TPSA) is 12.4 Å². The molecule has 0 fully saturated rings. The second kappa shape index (κ2) is 5.21. The van der Waals surface area contributed by atoms with Crippen LogP contribution in [0.15, 0.2) is 16.6 Å². The zero-order valence-corrected chi connectivity index (χ0v) is 9.09. The summed E-state index contributed by atoms with van der Waals surface area (Å²) in [5, 5.41) is 0. The lowest BCUT2D eigenvalue weighted by Crippen LogP contribution is -2.00. The highest BCUT2D eigenvalue weighted by atomic mass is 14.7. The summed E-state index contributed by atoms with van der Waals surface area (Å²) in [6, 6.07) is 0. The van der Waals surface area contributed by atoms with Gasteiger partial charge in [-0.05, 0) is 37.2 Å². The SMILES string of the molecule is CC1=CC(CCC(C)C)CCN=C1. The van der Waals surface area contributed by atoms with Crippen molar-refractivity contribution in [1.29, 1.82) is 0 Å². The molecule has 1 aliphatic heterocycles. The molecule has 74 valence electrons. The standard InChI is InChI=1S/C12H21N/c1-10(2)4-5-12-6-7-13-9-11(3)8-12/h8-10,12H,4-7H2,1-3H3. The van der Waals surface area contributed by atoms with Crippen molar-refractivity contribution in [2.45, 2.75) is 40.0 Å². The lowest BCUT2D eigenvalue weighted by Gasteiger charge is -2.12. The van der Waals surface area contributed by atoms with Gasteiger partial charge in [0.05, 0.1) is 0 Å². The van der Waals surface area contributed by atoms with Crippen LogP contribution in [-0.4, -0.2) is 12.8 Å². The van der Waals surface area contributed by atoms with Gasteiger partial charge in [0.1, 0.15) is 0 Å². The van der Waals surface area contributed by atoms with Crippen LogP contribution in [0.4, 0.5) is 0 Å². The molecule has 1 unspecified atom stereocenters. The predicted octanol–water partition coefficient (Wildman–Crippen LogP) is 3.46. The van der Waals surface area contributed by atoms with E-state index in [1.165, 1.54) is 24.8 Å². The first kappa shape index (κ1) is 10.5. The molecule has 0 bridgehead atoms. The summed E-state index contributed by atoms with van der Waals surface area (Å²) in [5.74, 6) is 1.60. The van der Waals surface area contributed by atoms with Crippen molar-refractivity contribution < 1.29 is 0 Å². The van der Waals surface area contributed by atoms with Crippen molar-refractivity contribution in [3.05, 3.63) is 11.6 Å². The maximum absolute atomic E-state index is 4.34. The Morgan fingerprint density at radius 2 is 2.31 bits per heavy atom. The summed E-state index contributed by atoms with van der Waals surface area (Å²) in [6.45, 7) is 7.75. The van der Waals surface area contributed by atoms with Crippen LogP contribution < -0.4 is 0 Å². The Morgan fingerprint density at radius 3 is 3.00 bits per heavy atom. The van der Waals surface area contributed by atoms with Gasteiger partial charge in [-0.2, -0.15) is 0 Å². The van der Waals surface area contributed by atoms with Crippen LogP contribution in [-0.2, 0) is 0 Å². The fraction of sp³-hybridized carbons (Fsp3) is 0.750. The molecule has 0 saturated heterocycles. The third-order valence-electron chi connectivity index (χ3n) is 2.54. The van der Waals surface area contributed by atoms with E-state index in [1.54, 1.807) is 0 Å². The molecule has 1 heterocycles. The van der Waals surface area contributed by atoms with E-state index >= 15 is 0 Å². The molecular weight excluding hydrogens is 158 g/mol. The van der Waals surface area contributed by atoms with E-state index in [1.807, 2.05) is 6.21 Å². The quantitative estimate of drug-likeness (QED) is 0.629. The highest BCUT2D eigenvalue weighted by molar-refractivity contribution is 5.77. The third-order valence-corrected chi connectivity index (χ3v) is 2.54. The molecule has 0 aromatic heterocycles. The maximum Gasteiger partial charge on any atom is 0.0394 e. The lowest BCUT2D eigenvalue weighted by molar-refractivity contribution is 0.466. The van der Waals surface area contributed by atoms with E-state index in [9.17, 15) is 0 Å². The van der Waals surface area contributed by atoms with Gasteiger partial charge in [-0.25, -0.2) is 0 Å². The van der Waals surface area contributed by atoms with Crippen molar-refractivity contribution in [2.24, 2.45) is 16.8 Å². The molecule has 0 amide bonds. The monoisotopic (exact) mass is 179 g/mol. The molecule has 13 heavy (non-hydrogen) atoms. The predicted molar refractivity (Wildman–Crippen MR) is 59.3 cm³/mol. The molecule has 0 N–H and O–H groups in total. The van der Waals surface area contributed by atoms with E-state index in [4.69, 9.17) is 0 Å². The van der Waals surface area contributed by atoms with E-state index < -0.39 is 0 Å². The second-order valence-electron chi connectivity index (χ2n) is 4.47. The molecule has 0 radical (unpaired) electrons. The molecule has 0 saturated carbocycles. The molecule has 0 spiro atoms. The van der Waals surface area contributed by atoms with Gasteiger partial charge in [0, 0.05) is 12.8 Å². The van der Waals surface area contributed by atoms with Gasteiger partial charge >= 0.3 is 0 Å². The summed E-state index contributed by atoms with van der Waals surface area (Å²) in [5.41, 5.74) is 1.34. The normalized spacial score (nSPS) is 23.1. The third kappa shape index (κ3) is 4.25. The van der Waals surface area contributed by atoms with Gasteiger partial charge in [0.15, 0.2) is 0 Å². The average molecular weight is 179 g/mol. The number of aliphatic imine (C=N–C) groups is 1. The van der Waals surface area contributed by atoms with Gasteiger partial charge < -0.3 is 0 Å². The first-order valence-corrected chi connectivity index (χ1v) is 5.36. The number of rotatable bonds is 3. The summed E-state index contributed by atoms with van der Waals surface area (Å²) >= 11 is 0. The van der Waals surface area contributed by atoms with Crippen LogP contribution >= 0.6 is 0 Å². The van der Waals surface area contributed by atoms with Gasteiger partial charge in [0.2, 0.25) is 0 Å². The fourth-order valence-corrected chi connectivity index (χ4v) is 1.72. The Morgan fingerprint density at radius 1 is 1.54 bits per heavy atom. The van der Waals surface area contributed by atoms with Crippen molar-refractivity contribution in [2.75, 3.05) is 6.54 Å². The molecule has 1 rings (SSSR count). The van der Waals surface area contributed by atoms with Crippen LogP contribution in [0, 0.1) is 11.8 Å². The Bertz CT molecular complexity index is 201. The maximum atomic E-state index is 4.34. The Labute approximate surface area is 82.0 Å². The zero-order valence-electron chi connectivity index (χ0n) is 9.09. The Kier molecular flexibility index (Phi) is 4.20. The van der Waals surface area contributed by atoms with E-state index in [0.29, 0.717) is 0 Å². The molecule has 0 aliphatic carbocycles. The molecular formula is C12H21N. The molecule has 1 atom stereocenters. The van der Waals surface area contributed by atoms with Crippen molar-refractivity contribution in [3.63, 3.8) is 0 Å². The fourth-order valence-electron chi connectivity index (χ4n) is 1.72. The second-order valence-corrected chi connectivity index (χ2v) is 4.47. The Balaban J connectivity index is 2.38. The van der Waals surface area contributed by atoms with Gasteiger partial charge in [-0.3, -0.25) is 4.99 Å². The van der Waals surface area contributed by atoms with Crippen molar-refractivity contribution in [1.82, 2.24) is 0 Å². The van der Waals surface area contributed by atoms with E-state index in [2.05, 4.69) is 31.8 Å². The van der Waals surface area contributed by atoms with Gasteiger partial charge in [-0.15, -0.1) is 0 Å². The zero-order chi connectivity index (χ0) is 9.68. The minimum absolute atomic E-state index is 0.768. The van der Waals surface area contributed by atoms with E-state index in [-0.39, 0.29) is 0 Å². The average Bonchev–Trinajstić information content (AvgIpc) is 2.26. The van der Waals surface area contributed by atoms with Gasteiger partial charge in [0.25, 0.3) is 0 Å². The van der Waals surface area contributed by atoms with Crippen LogP contribution in [0.2, 0.25) is 0 Å². The minimum atomic E-state index is 0.768. The highest BCUT2D eigenvalue weighted by Crippen LogP contribution is 2.19. The summed E-state index contributed by atoms with van der Waals surface area (Å²) < 4.78 is 0. The summed E-state index contributed by atoms with van der Waals surface area (Å²) in [6.07, 6.45) is 8.31. The number of allylic oxidation sites excluding steroid dienone is 2. The first-order chi connectivity index (χ1) is 6.18. The number of hydrogen-bond acceptors (Lipinski definition) is 1. The molecule has 1 aliphatic rings. The van der Waals surface area contributed by atoms with Gasteiger partial charge in [-0.1, -0.05) is 26.3 Å². The summed E-state index contributed by atoms with van der Waals surface area (Å²) in [7, 11) is 0. The Hall–Kier alpha value is -0.590. The smallest absolute Gasteiger partial charge is 0.0394 e. The van der Waals surface area contributed by atoms with Crippen LogP contribution in [0.5, 0.6) is 0 Å². The van der Waals surface area contributed by atoms with Crippen LogP contribution in [0.25, 0.3) is 0 Å². The van der Waals surface area contributed by atoms with Crippen molar-refractivity contribution in [3.8, 4) is 0 Å². The lowest BCUT2D eigenvalue weighted by atomic mass is 9.94. The largest absolute Gasteiger partial charge is 0.293 e. The molecule has 1 nitrogen and oxygen atoms in total. The summed E-state index contributed by atoms with van der Waals surface area (Å²) in [4.78, 5) is 4.34. The number of hydrogen-bond donors (Lipinski definition) is 0. The molecule has 0 aromatic rings. The molecule has 0 aromatic carbocycles. The van der Waals surface area contributed by atoms with E-state index in [0.717, 1.165) is 18.4 Å². The van der Waals surface area contributed by atoms with Crippen molar-refractivity contribution >= 4 is 6.21 Å². The highest BCUT2D eigenvalue weighted by Gasteiger charge is 2.08. The minimum Gasteiger partial charge on any atom is -0.293 e. The molecule has 1 heteroatoms. The first-order valence-electron chi connectivity index (χ1n) is 5.36. The number of nitrogens with zero attached hydrogens (tertiary/aromatic N) is 1.